The second-order valence-electron chi connectivity index (χ2n) is 2.95. The van der Waals surface area contributed by atoms with E-state index in [1.165, 1.54) is 0 Å². The van der Waals surface area contributed by atoms with Crippen LogP contribution in [0.1, 0.15) is 15.9 Å². The van der Waals surface area contributed by atoms with E-state index in [4.69, 9.17) is 5.11 Å². The van der Waals surface area contributed by atoms with Gasteiger partial charge in [-0.25, -0.2) is 0 Å². The zero-order chi connectivity index (χ0) is 10.6. The van der Waals surface area contributed by atoms with E-state index in [-0.39, 0.29) is 12.5 Å². The molecule has 0 aliphatic rings. The number of carboxylic acid groups (broad SMARTS) is 1. The van der Waals surface area contributed by atoms with Crippen molar-refractivity contribution in [1.82, 2.24) is 5.32 Å². The fourth-order valence-electron chi connectivity index (χ4n) is 1.04. The maximum absolute atomic E-state index is 11.3. The van der Waals surface area contributed by atoms with Crippen molar-refractivity contribution in [2.45, 2.75) is 6.92 Å². The summed E-state index contributed by atoms with van der Waals surface area (Å²) in [5, 5.41) is 10.6. The molecular weight excluding hydrogens is 182 g/mol. The Balaban J connectivity index is 2.65. The number of hydrogen-bond donors (Lipinski definition) is 2. The highest BCUT2D eigenvalue weighted by Gasteiger charge is 2.06. The highest BCUT2D eigenvalue weighted by atomic mass is 16.4. The van der Waals surface area contributed by atoms with Gasteiger partial charge in [-0.15, -0.1) is 0 Å². The molecule has 4 heteroatoms. The van der Waals surface area contributed by atoms with Crippen molar-refractivity contribution in [3.05, 3.63) is 35.4 Å². The first-order chi connectivity index (χ1) is 6.59. The van der Waals surface area contributed by atoms with Gasteiger partial charge >= 0.3 is 5.97 Å². The summed E-state index contributed by atoms with van der Waals surface area (Å²) in [4.78, 5) is 21.5. The maximum atomic E-state index is 11.3. The van der Waals surface area contributed by atoms with E-state index in [0.717, 1.165) is 5.56 Å². The van der Waals surface area contributed by atoms with E-state index < -0.39 is 5.97 Å². The van der Waals surface area contributed by atoms with E-state index in [9.17, 15) is 9.59 Å². The average Bonchev–Trinajstić information content (AvgIpc) is 2.14. The largest absolute Gasteiger partial charge is 0.480 e. The smallest absolute Gasteiger partial charge is 0.322 e. The number of aliphatic carboxylic acids is 1. The van der Waals surface area contributed by atoms with E-state index in [1.54, 1.807) is 18.2 Å². The standard InChI is InChI=1S/C10H11NO3/c1-7-3-2-4-8(5-7)10(14)11-6-9(12)13/h2-5H,6H2,1H3,(H,11,14)(H,12,13). The Morgan fingerprint density at radius 2 is 2.14 bits per heavy atom. The molecule has 1 rings (SSSR count). The van der Waals surface area contributed by atoms with Crippen LogP contribution in [0.4, 0.5) is 0 Å². The lowest BCUT2D eigenvalue weighted by molar-refractivity contribution is -0.135. The molecule has 74 valence electrons. The van der Waals surface area contributed by atoms with Crippen molar-refractivity contribution >= 4 is 11.9 Å². The summed E-state index contributed by atoms with van der Waals surface area (Å²) in [5.41, 5.74) is 1.44. The van der Waals surface area contributed by atoms with E-state index in [1.807, 2.05) is 13.0 Å². The number of aryl methyl sites for hydroxylation is 1. The van der Waals surface area contributed by atoms with Crippen LogP contribution in [-0.2, 0) is 4.79 Å². The highest BCUT2D eigenvalue weighted by molar-refractivity contribution is 5.95. The number of carbonyl (C=O) groups is 2. The molecule has 0 atom stereocenters. The van der Waals surface area contributed by atoms with Crippen LogP contribution in [0.25, 0.3) is 0 Å². The van der Waals surface area contributed by atoms with Gasteiger partial charge < -0.3 is 10.4 Å². The Kier molecular flexibility index (Phi) is 3.23. The Morgan fingerprint density at radius 3 is 2.71 bits per heavy atom. The Morgan fingerprint density at radius 1 is 1.43 bits per heavy atom. The SMILES string of the molecule is Cc1cccc(C(=O)NCC(=O)O)c1. The first-order valence-electron chi connectivity index (χ1n) is 4.16. The van der Waals surface area contributed by atoms with Gasteiger partial charge in [0.1, 0.15) is 6.54 Å². The molecule has 0 aromatic heterocycles. The van der Waals surface area contributed by atoms with Gasteiger partial charge in [0.15, 0.2) is 0 Å². The lowest BCUT2D eigenvalue weighted by Crippen LogP contribution is -2.29. The van der Waals surface area contributed by atoms with Gasteiger partial charge in [-0.05, 0) is 19.1 Å². The fraction of sp³-hybridized carbons (Fsp3) is 0.200. The predicted molar refractivity (Wildman–Crippen MR) is 51.1 cm³/mol. The van der Waals surface area contributed by atoms with Crippen LogP contribution >= 0.6 is 0 Å². The molecule has 0 bridgehead atoms. The second-order valence-corrected chi connectivity index (χ2v) is 2.95. The number of nitrogens with one attached hydrogen (secondary N) is 1. The van der Waals surface area contributed by atoms with Gasteiger partial charge in [-0.3, -0.25) is 9.59 Å². The number of amides is 1. The molecule has 0 saturated carbocycles. The third-order valence-electron chi connectivity index (χ3n) is 1.68. The maximum Gasteiger partial charge on any atom is 0.322 e. The van der Waals surface area contributed by atoms with Crippen LogP contribution in [0, 0.1) is 6.92 Å². The molecule has 2 N–H and O–H groups in total. The van der Waals surface area contributed by atoms with Crippen molar-refractivity contribution in [3.8, 4) is 0 Å². The highest BCUT2D eigenvalue weighted by Crippen LogP contribution is 2.03. The molecule has 1 aromatic carbocycles. The van der Waals surface area contributed by atoms with Crippen molar-refractivity contribution in [3.63, 3.8) is 0 Å². The first kappa shape index (κ1) is 10.2. The minimum Gasteiger partial charge on any atom is -0.480 e. The molecule has 14 heavy (non-hydrogen) atoms. The quantitative estimate of drug-likeness (QED) is 0.746. The summed E-state index contributed by atoms with van der Waals surface area (Å²) in [6.45, 7) is 1.51. The zero-order valence-electron chi connectivity index (χ0n) is 7.78. The van der Waals surface area contributed by atoms with E-state index in [0.29, 0.717) is 5.56 Å². The summed E-state index contributed by atoms with van der Waals surface area (Å²) < 4.78 is 0. The van der Waals surface area contributed by atoms with Crippen molar-refractivity contribution in [2.75, 3.05) is 6.54 Å². The van der Waals surface area contributed by atoms with Crippen LogP contribution in [0.3, 0.4) is 0 Å². The summed E-state index contributed by atoms with van der Waals surface area (Å²) >= 11 is 0. The number of carbonyl (C=O) groups excluding carboxylic acids is 1. The molecule has 0 aliphatic carbocycles. The molecule has 0 radical (unpaired) electrons. The van der Waals surface area contributed by atoms with E-state index in [2.05, 4.69) is 5.32 Å². The Labute approximate surface area is 81.6 Å². The van der Waals surface area contributed by atoms with Gasteiger partial charge in [0.25, 0.3) is 5.91 Å². The van der Waals surface area contributed by atoms with Crippen LogP contribution in [0.5, 0.6) is 0 Å². The van der Waals surface area contributed by atoms with E-state index >= 15 is 0 Å². The third kappa shape index (κ3) is 2.90. The lowest BCUT2D eigenvalue weighted by Gasteiger charge is -2.02. The molecule has 0 spiro atoms. The molecule has 1 amide bonds. The van der Waals surface area contributed by atoms with Crippen molar-refractivity contribution in [1.29, 1.82) is 0 Å². The van der Waals surface area contributed by atoms with Gasteiger partial charge in [0.2, 0.25) is 0 Å². The topological polar surface area (TPSA) is 66.4 Å². The molecule has 0 heterocycles. The van der Waals surface area contributed by atoms with Crippen LogP contribution < -0.4 is 5.32 Å². The molecule has 0 fully saturated rings. The van der Waals surface area contributed by atoms with Crippen LogP contribution in [0.15, 0.2) is 24.3 Å². The van der Waals surface area contributed by atoms with Gasteiger partial charge in [0.05, 0.1) is 0 Å². The molecule has 1 aromatic rings. The zero-order valence-corrected chi connectivity index (χ0v) is 7.78. The summed E-state index contributed by atoms with van der Waals surface area (Å²) in [6, 6.07) is 6.97. The first-order valence-corrected chi connectivity index (χ1v) is 4.16. The summed E-state index contributed by atoms with van der Waals surface area (Å²) in [7, 11) is 0. The summed E-state index contributed by atoms with van der Waals surface area (Å²) in [6.07, 6.45) is 0. The number of carboxylic acids is 1. The van der Waals surface area contributed by atoms with Crippen molar-refractivity contribution in [2.24, 2.45) is 0 Å². The Bertz CT molecular complexity index is 360. The normalized spacial score (nSPS) is 9.50. The van der Waals surface area contributed by atoms with Gasteiger partial charge in [-0.1, -0.05) is 17.7 Å². The van der Waals surface area contributed by atoms with Crippen molar-refractivity contribution < 1.29 is 14.7 Å². The Hall–Kier alpha value is -1.84. The fourth-order valence-corrected chi connectivity index (χ4v) is 1.04. The minimum absolute atomic E-state index is 0.354. The monoisotopic (exact) mass is 193 g/mol. The predicted octanol–water partition coefficient (Wildman–Crippen LogP) is 0.809. The molecular formula is C10H11NO3. The number of benzene rings is 1. The lowest BCUT2D eigenvalue weighted by atomic mass is 10.1. The number of hydrogen-bond acceptors (Lipinski definition) is 2. The molecule has 0 unspecified atom stereocenters. The third-order valence-corrected chi connectivity index (χ3v) is 1.68. The minimum atomic E-state index is -1.05. The molecule has 0 saturated heterocycles. The summed E-state index contributed by atoms with van der Waals surface area (Å²) in [5.74, 6) is -1.41. The van der Waals surface area contributed by atoms with Gasteiger partial charge in [-0.2, -0.15) is 0 Å². The second kappa shape index (κ2) is 4.41. The van der Waals surface area contributed by atoms with Gasteiger partial charge in [0, 0.05) is 5.56 Å². The van der Waals surface area contributed by atoms with Crippen LogP contribution in [-0.4, -0.2) is 23.5 Å². The molecule has 4 nitrogen and oxygen atoms in total. The van der Waals surface area contributed by atoms with Crippen LogP contribution in [0.2, 0.25) is 0 Å². The molecule has 0 aliphatic heterocycles. The number of rotatable bonds is 3. The average molecular weight is 193 g/mol.